The third-order valence-electron chi connectivity index (χ3n) is 7.04. The van der Waals surface area contributed by atoms with Crippen LogP contribution in [0.1, 0.15) is 35.4 Å². The van der Waals surface area contributed by atoms with Crippen molar-refractivity contribution in [2.75, 3.05) is 31.6 Å². The molecule has 10 heteroatoms. The number of nitrogens with zero attached hydrogens (tertiary/aromatic N) is 3. The quantitative estimate of drug-likeness (QED) is 0.721. The van der Waals surface area contributed by atoms with E-state index in [1.165, 1.54) is 39.4 Å². The number of urea groups is 1. The maximum atomic E-state index is 13.8. The lowest BCUT2D eigenvalue weighted by Gasteiger charge is -2.57. The SMILES string of the molecule is CNC(=O)N1CC2(C1)C(=O)N(c1ccc(C3CC3)cc1)CC(=O)N2Cc1ccc(C(F)(F)F)cc1. The van der Waals surface area contributed by atoms with E-state index in [2.05, 4.69) is 5.32 Å². The van der Waals surface area contributed by atoms with E-state index in [1.54, 1.807) is 0 Å². The van der Waals surface area contributed by atoms with Gasteiger partial charge in [-0.3, -0.25) is 9.59 Å². The second kappa shape index (κ2) is 8.28. The highest BCUT2D eigenvalue weighted by atomic mass is 19.4. The molecule has 2 saturated heterocycles. The van der Waals surface area contributed by atoms with Crippen molar-refractivity contribution in [3.63, 3.8) is 0 Å². The number of hydrogen-bond donors (Lipinski definition) is 1. The Morgan fingerprint density at radius 3 is 2.20 bits per heavy atom. The van der Waals surface area contributed by atoms with Crippen molar-refractivity contribution >= 4 is 23.5 Å². The summed E-state index contributed by atoms with van der Waals surface area (Å²) < 4.78 is 38.8. The Bertz CT molecular complexity index is 1150. The normalized spacial score (nSPS) is 19.7. The zero-order valence-corrected chi connectivity index (χ0v) is 19.1. The minimum Gasteiger partial charge on any atom is -0.341 e. The highest BCUT2D eigenvalue weighted by molar-refractivity contribution is 6.10. The third-order valence-corrected chi connectivity index (χ3v) is 7.04. The van der Waals surface area contributed by atoms with Gasteiger partial charge in [0.2, 0.25) is 5.91 Å². The number of carbonyl (C=O) groups is 3. The van der Waals surface area contributed by atoms with Gasteiger partial charge in [0, 0.05) is 19.3 Å². The topological polar surface area (TPSA) is 73.0 Å². The molecule has 0 unspecified atom stereocenters. The summed E-state index contributed by atoms with van der Waals surface area (Å²) in [7, 11) is 1.48. The van der Waals surface area contributed by atoms with Gasteiger partial charge >= 0.3 is 12.2 Å². The van der Waals surface area contributed by atoms with Gasteiger partial charge in [0.1, 0.15) is 6.54 Å². The number of hydrogen-bond acceptors (Lipinski definition) is 3. The first kappa shape index (κ1) is 23.2. The van der Waals surface area contributed by atoms with Gasteiger partial charge in [-0.1, -0.05) is 24.3 Å². The van der Waals surface area contributed by atoms with Gasteiger partial charge in [-0.25, -0.2) is 4.79 Å². The largest absolute Gasteiger partial charge is 0.416 e. The summed E-state index contributed by atoms with van der Waals surface area (Å²) in [6, 6.07) is 11.8. The molecule has 2 aliphatic heterocycles. The van der Waals surface area contributed by atoms with Gasteiger partial charge in [0.05, 0.1) is 18.7 Å². The Morgan fingerprint density at radius 2 is 1.66 bits per heavy atom. The third kappa shape index (κ3) is 4.11. The number of rotatable bonds is 4. The van der Waals surface area contributed by atoms with Gasteiger partial charge in [-0.05, 0) is 54.2 Å². The number of piperazine rings is 1. The van der Waals surface area contributed by atoms with E-state index in [-0.39, 0.29) is 44.0 Å². The molecule has 1 saturated carbocycles. The smallest absolute Gasteiger partial charge is 0.341 e. The Labute approximate surface area is 200 Å². The predicted octanol–water partition coefficient (Wildman–Crippen LogP) is 3.35. The van der Waals surface area contributed by atoms with Crippen LogP contribution in [0.4, 0.5) is 23.7 Å². The Hall–Kier alpha value is -3.56. The Kier molecular flexibility index (Phi) is 5.49. The monoisotopic (exact) mass is 486 g/mol. The lowest BCUT2D eigenvalue weighted by atomic mass is 9.83. The van der Waals surface area contributed by atoms with Gasteiger partial charge < -0.3 is 20.0 Å². The molecule has 184 valence electrons. The number of carbonyl (C=O) groups excluding carboxylic acids is 3. The van der Waals surface area contributed by atoms with Crippen LogP contribution in [0.15, 0.2) is 48.5 Å². The summed E-state index contributed by atoms with van der Waals surface area (Å²) in [6.45, 7) is -0.189. The van der Waals surface area contributed by atoms with Crippen LogP contribution in [0, 0.1) is 0 Å². The molecule has 1 spiro atoms. The fourth-order valence-corrected chi connectivity index (χ4v) is 4.86. The highest BCUT2D eigenvalue weighted by Gasteiger charge is 2.60. The summed E-state index contributed by atoms with van der Waals surface area (Å²) in [5, 5.41) is 2.52. The fraction of sp³-hybridized carbons (Fsp3) is 0.400. The first-order chi connectivity index (χ1) is 16.6. The van der Waals surface area contributed by atoms with Crippen molar-refractivity contribution in [2.45, 2.75) is 37.0 Å². The van der Waals surface area contributed by atoms with E-state index in [9.17, 15) is 27.6 Å². The maximum Gasteiger partial charge on any atom is 0.416 e. The van der Waals surface area contributed by atoms with Crippen molar-refractivity contribution in [1.29, 1.82) is 0 Å². The predicted molar refractivity (Wildman–Crippen MR) is 122 cm³/mol. The number of amides is 4. The molecule has 2 heterocycles. The molecule has 0 aromatic heterocycles. The van der Waals surface area contributed by atoms with Crippen molar-refractivity contribution < 1.29 is 27.6 Å². The number of benzene rings is 2. The maximum absolute atomic E-state index is 13.8. The van der Waals surface area contributed by atoms with Crippen LogP contribution >= 0.6 is 0 Å². The van der Waals surface area contributed by atoms with E-state index in [1.807, 2.05) is 24.3 Å². The first-order valence-electron chi connectivity index (χ1n) is 11.5. The van der Waals surface area contributed by atoms with Crippen LogP contribution in [0.5, 0.6) is 0 Å². The fourth-order valence-electron chi connectivity index (χ4n) is 4.86. The lowest BCUT2D eigenvalue weighted by Crippen LogP contribution is -2.81. The van der Waals surface area contributed by atoms with Gasteiger partial charge in [0.25, 0.3) is 5.91 Å². The number of likely N-dealkylation sites (tertiary alicyclic amines) is 1. The van der Waals surface area contributed by atoms with Gasteiger partial charge in [0.15, 0.2) is 5.54 Å². The van der Waals surface area contributed by atoms with Crippen LogP contribution in [0.2, 0.25) is 0 Å². The summed E-state index contributed by atoms with van der Waals surface area (Å²) in [6.07, 6.45) is -2.16. The molecule has 2 aromatic rings. The molecule has 2 aromatic carbocycles. The molecule has 35 heavy (non-hydrogen) atoms. The molecule has 0 atom stereocenters. The average molecular weight is 486 g/mol. The van der Waals surface area contributed by atoms with E-state index in [0.717, 1.165) is 25.0 Å². The Morgan fingerprint density at radius 1 is 1.03 bits per heavy atom. The second-order valence-electron chi connectivity index (χ2n) is 9.37. The molecule has 3 aliphatic rings. The Balaban J connectivity index is 1.42. The van der Waals surface area contributed by atoms with E-state index in [4.69, 9.17) is 0 Å². The summed E-state index contributed by atoms with van der Waals surface area (Å²) in [4.78, 5) is 43.5. The van der Waals surface area contributed by atoms with Crippen LogP contribution in [-0.2, 0) is 22.3 Å². The zero-order valence-electron chi connectivity index (χ0n) is 19.1. The molecule has 5 rings (SSSR count). The van der Waals surface area contributed by atoms with Gasteiger partial charge in [-0.2, -0.15) is 13.2 Å². The standard InChI is InChI=1S/C25H25F3N4O3/c1-29-23(35)30-14-24(15-30)22(34)31(20-10-6-18(7-11-20)17-4-5-17)13-21(33)32(24)12-16-2-8-19(9-3-16)25(26,27)28/h2-3,6-11,17H,4-5,12-15H2,1H3,(H,29,35). The van der Waals surface area contributed by atoms with Crippen LogP contribution in [0.3, 0.4) is 0 Å². The molecule has 4 amide bonds. The molecular formula is C25H25F3N4O3. The summed E-state index contributed by atoms with van der Waals surface area (Å²) >= 11 is 0. The van der Waals surface area contributed by atoms with Crippen LogP contribution < -0.4 is 10.2 Å². The average Bonchev–Trinajstić information content (AvgIpc) is 3.65. The molecule has 1 N–H and O–H groups in total. The van der Waals surface area contributed by atoms with E-state index >= 15 is 0 Å². The molecule has 0 bridgehead atoms. The number of nitrogens with one attached hydrogen (secondary N) is 1. The van der Waals surface area contributed by atoms with E-state index < -0.39 is 17.3 Å². The van der Waals surface area contributed by atoms with E-state index in [0.29, 0.717) is 17.2 Å². The molecule has 7 nitrogen and oxygen atoms in total. The molecular weight excluding hydrogens is 461 g/mol. The number of halogens is 3. The minimum absolute atomic E-state index is 0.00847. The number of alkyl halides is 3. The molecule has 0 radical (unpaired) electrons. The number of anilines is 1. The van der Waals surface area contributed by atoms with Crippen molar-refractivity contribution in [2.24, 2.45) is 0 Å². The van der Waals surface area contributed by atoms with Crippen LogP contribution in [-0.4, -0.2) is 59.9 Å². The second-order valence-corrected chi connectivity index (χ2v) is 9.37. The summed E-state index contributed by atoms with van der Waals surface area (Å²) in [5.41, 5.74) is 0.225. The van der Waals surface area contributed by atoms with Gasteiger partial charge in [-0.15, -0.1) is 0 Å². The van der Waals surface area contributed by atoms with Crippen LogP contribution in [0.25, 0.3) is 0 Å². The first-order valence-corrected chi connectivity index (χ1v) is 11.5. The lowest BCUT2D eigenvalue weighted by molar-refractivity contribution is -0.161. The summed E-state index contributed by atoms with van der Waals surface area (Å²) in [5.74, 6) is -0.0725. The molecule has 3 fully saturated rings. The van der Waals surface area contributed by atoms with Crippen molar-refractivity contribution in [1.82, 2.24) is 15.1 Å². The van der Waals surface area contributed by atoms with Crippen molar-refractivity contribution in [3.05, 3.63) is 65.2 Å². The molecule has 1 aliphatic carbocycles. The van der Waals surface area contributed by atoms with Crippen molar-refractivity contribution in [3.8, 4) is 0 Å². The minimum atomic E-state index is -4.46. The highest BCUT2D eigenvalue weighted by Crippen LogP contribution is 2.41. The zero-order chi connectivity index (χ0) is 25.0.